The van der Waals surface area contributed by atoms with Gasteiger partial charge >= 0.3 is 24.4 Å². The Kier molecular flexibility index (Phi) is 11.1. The Morgan fingerprint density at radius 1 is 0.600 bits per heavy atom. The maximum absolute atomic E-state index is 12.6. The summed E-state index contributed by atoms with van der Waals surface area (Å²) >= 11 is 0. The van der Waals surface area contributed by atoms with Crippen LogP contribution in [0.5, 0.6) is 11.5 Å². The Morgan fingerprint density at radius 3 is 1.51 bits per heavy atom. The number of alkyl carbamates (subject to hydrolysis) is 1. The summed E-state index contributed by atoms with van der Waals surface area (Å²) in [6.45, 7) is 1.10. The van der Waals surface area contributed by atoms with E-state index in [1.165, 1.54) is 25.1 Å². The van der Waals surface area contributed by atoms with Gasteiger partial charge in [0.15, 0.2) is 11.5 Å². The lowest BCUT2D eigenvalue weighted by Gasteiger charge is -2.26. The molecule has 11 nitrogen and oxygen atoms in total. The summed E-state index contributed by atoms with van der Waals surface area (Å²) in [5.41, 5.74) is 0.665. The highest BCUT2D eigenvalue weighted by Gasteiger charge is 2.36. The highest BCUT2D eigenvalue weighted by molar-refractivity contribution is 5.84. The first kappa shape index (κ1) is 32.1. The largest absolute Gasteiger partial charge is 0.514 e. The monoisotopic (exact) mass is 613 g/mol. The summed E-state index contributed by atoms with van der Waals surface area (Å²) in [6, 6.07) is 30.8. The zero-order chi connectivity index (χ0) is 32.1. The first-order valence-corrected chi connectivity index (χ1v) is 13.8. The Bertz CT molecular complexity index is 1600. The van der Waals surface area contributed by atoms with E-state index < -0.39 is 29.9 Å². The molecule has 11 heteroatoms. The van der Waals surface area contributed by atoms with Crippen molar-refractivity contribution >= 4 is 24.4 Å². The molecular weight excluding hydrogens is 582 g/mol. The minimum absolute atomic E-state index is 0.0577. The molecule has 0 aliphatic rings. The van der Waals surface area contributed by atoms with Crippen LogP contribution in [0.3, 0.4) is 0 Å². The van der Waals surface area contributed by atoms with Crippen molar-refractivity contribution in [1.29, 1.82) is 0 Å². The Balaban J connectivity index is 1.48. The van der Waals surface area contributed by atoms with Crippen LogP contribution >= 0.6 is 0 Å². The van der Waals surface area contributed by atoms with E-state index >= 15 is 0 Å². The van der Waals surface area contributed by atoms with Gasteiger partial charge in [-0.25, -0.2) is 19.2 Å². The van der Waals surface area contributed by atoms with Crippen LogP contribution in [0.1, 0.15) is 29.2 Å². The fourth-order valence-corrected chi connectivity index (χ4v) is 4.06. The number of amides is 1. The molecule has 1 amide bonds. The number of carboxylic acids is 1. The zero-order valence-corrected chi connectivity index (χ0v) is 24.3. The minimum Gasteiger partial charge on any atom is -0.480 e. The summed E-state index contributed by atoms with van der Waals surface area (Å²) < 4.78 is 26.2. The summed E-state index contributed by atoms with van der Waals surface area (Å²) in [7, 11) is 0. The third-order valence-corrected chi connectivity index (χ3v) is 6.41. The molecular formula is C34H31NO10. The predicted molar refractivity (Wildman–Crippen MR) is 160 cm³/mol. The molecule has 4 aromatic carbocycles. The van der Waals surface area contributed by atoms with Crippen LogP contribution in [0.25, 0.3) is 0 Å². The van der Waals surface area contributed by atoms with E-state index in [1.807, 2.05) is 18.2 Å². The molecule has 0 saturated heterocycles. The molecule has 4 aromatic rings. The molecule has 0 aliphatic heterocycles. The van der Waals surface area contributed by atoms with Gasteiger partial charge in [0, 0.05) is 6.42 Å². The average Bonchev–Trinajstić information content (AvgIpc) is 3.04. The van der Waals surface area contributed by atoms with E-state index in [1.54, 1.807) is 72.8 Å². The van der Waals surface area contributed by atoms with Crippen LogP contribution in [-0.4, -0.2) is 35.0 Å². The minimum atomic E-state index is -1.82. The second-order valence-corrected chi connectivity index (χ2v) is 10.0. The number of aliphatic carboxylic acids is 1. The fraction of sp³-hybridized carbons (Fsp3) is 0.176. The van der Waals surface area contributed by atoms with Gasteiger partial charge < -0.3 is 34.1 Å². The number of nitrogens with one attached hydrogen (secondary N) is 1. The number of carboxylic acid groups (broad SMARTS) is 1. The highest BCUT2D eigenvalue weighted by atomic mass is 16.7. The number of carbonyl (C=O) groups is 4. The van der Waals surface area contributed by atoms with E-state index in [0.717, 1.165) is 11.1 Å². The van der Waals surface area contributed by atoms with E-state index in [4.69, 9.17) is 23.7 Å². The van der Waals surface area contributed by atoms with Crippen LogP contribution in [0, 0.1) is 0 Å². The topological polar surface area (TPSA) is 147 Å². The number of hydrogen-bond donors (Lipinski definition) is 2. The van der Waals surface area contributed by atoms with Crippen LogP contribution in [-0.2, 0) is 45.2 Å². The third kappa shape index (κ3) is 10.1. The van der Waals surface area contributed by atoms with Crippen molar-refractivity contribution < 1.29 is 48.0 Å². The van der Waals surface area contributed by atoms with Crippen LogP contribution in [0.2, 0.25) is 0 Å². The number of ether oxygens (including phenoxy) is 5. The maximum Gasteiger partial charge on any atom is 0.514 e. The second-order valence-electron chi connectivity index (χ2n) is 10.0. The molecule has 232 valence electrons. The predicted octanol–water partition coefficient (Wildman–Crippen LogP) is 6.43. The van der Waals surface area contributed by atoms with Gasteiger partial charge in [-0.05, 0) is 41.3 Å². The van der Waals surface area contributed by atoms with Crippen molar-refractivity contribution in [3.63, 3.8) is 0 Å². The average molecular weight is 614 g/mol. The molecule has 4 rings (SSSR count). The van der Waals surface area contributed by atoms with Gasteiger partial charge in [-0.3, -0.25) is 0 Å². The molecule has 2 N–H and O–H groups in total. The first-order chi connectivity index (χ1) is 21.7. The lowest BCUT2D eigenvalue weighted by atomic mass is 9.93. The van der Waals surface area contributed by atoms with Gasteiger partial charge in [-0.2, -0.15) is 0 Å². The molecule has 0 saturated carbocycles. The standard InChI is InChI=1S/C34H31NO10/c1-34(30(36)37,35-31(38)41-21-24-11-5-2-6-12-24)20-27-17-18-28(44-32(39)42-22-25-13-7-3-8-14-25)29(19-27)45-33(40)43-23-26-15-9-4-10-16-26/h2-19H,20-23H2,1H3,(H,35,38)(H,36,37)/t34-/m0/s1. The summed E-state index contributed by atoms with van der Waals surface area (Å²) in [6.07, 6.45) is -3.35. The summed E-state index contributed by atoms with van der Waals surface area (Å²) in [5, 5.41) is 12.4. The van der Waals surface area contributed by atoms with E-state index in [-0.39, 0.29) is 37.7 Å². The first-order valence-electron chi connectivity index (χ1n) is 13.8. The van der Waals surface area contributed by atoms with Crippen molar-refractivity contribution in [2.45, 2.75) is 38.7 Å². The molecule has 0 heterocycles. The van der Waals surface area contributed by atoms with Gasteiger partial charge in [-0.1, -0.05) is 97.1 Å². The molecule has 0 bridgehead atoms. The molecule has 0 aromatic heterocycles. The van der Waals surface area contributed by atoms with Crippen molar-refractivity contribution in [2.75, 3.05) is 0 Å². The third-order valence-electron chi connectivity index (χ3n) is 6.41. The highest BCUT2D eigenvalue weighted by Crippen LogP contribution is 2.31. The van der Waals surface area contributed by atoms with Gasteiger partial charge in [0.25, 0.3) is 0 Å². The quantitative estimate of drug-likeness (QED) is 0.104. The van der Waals surface area contributed by atoms with Crippen molar-refractivity contribution in [2.24, 2.45) is 0 Å². The number of hydrogen-bond acceptors (Lipinski definition) is 9. The number of benzene rings is 4. The van der Waals surface area contributed by atoms with Gasteiger partial charge in [-0.15, -0.1) is 0 Å². The van der Waals surface area contributed by atoms with Crippen LogP contribution in [0.15, 0.2) is 109 Å². The lowest BCUT2D eigenvalue weighted by Crippen LogP contribution is -2.53. The summed E-state index contributed by atoms with van der Waals surface area (Å²) in [4.78, 5) is 49.8. The Hall–Kier alpha value is -5.84. The number of carbonyl (C=O) groups excluding carboxylic acids is 3. The van der Waals surface area contributed by atoms with Gasteiger partial charge in [0.2, 0.25) is 0 Å². The van der Waals surface area contributed by atoms with Crippen molar-refractivity contribution in [3.8, 4) is 11.5 Å². The Morgan fingerprint density at radius 2 is 1.04 bits per heavy atom. The molecule has 0 fully saturated rings. The number of rotatable bonds is 12. The lowest BCUT2D eigenvalue weighted by molar-refractivity contribution is -0.143. The normalized spacial score (nSPS) is 11.8. The fourth-order valence-electron chi connectivity index (χ4n) is 4.06. The molecule has 0 radical (unpaired) electrons. The smallest absolute Gasteiger partial charge is 0.480 e. The molecule has 45 heavy (non-hydrogen) atoms. The van der Waals surface area contributed by atoms with Crippen LogP contribution in [0.4, 0.5) is 14.4 Å². The van der Waals surface area contributed by atoms with Crippen LogP contribution < -0.4 is 14.8 Å². The Labute approximate surface area is 259 Å². The van der Waals surface area contributed by atoms with E-state index in [9.17, 15) is 24.3 Å². The van der Waals surface area contributed by atoms with Crippen molar-refractivity contribution in [3.05, 3.63) is 131 Å². The SMILES string of the molecule is C[C@@](Cc1ccc(OC(=O)OCc2ccccc2)c(OC(=O)OCc2ccccc2)c1)(NC(=O)OCc1ccccc1)C(=O)O. The molecule has 1 atom stereocenters. The van der Waals surface area contributed by atoms with E-state index in [0.29, 0.717) is 11.1 Å². The summed E-state index contributed by atoms with van der Waals surface area (Å²) in [5.74, 6) is -1.75. The van der Waals surface area contributed by atoms with Crippen molar-refractivity contribution in [1.82, 2.24) is 5.32 Å². The van der Waals surface area contributed by atoms with Gasteiger partial charge in [0.05, 0.1) is 0 Å². The second kappa shape index (κ2) is 15.6. The molecule has 0 aliphatic carbocycles. The van der Waals surface area contributed by atoms with Gasteiger partial charge in [0.1, 0.15) is 25.4 Å². The molecule has 0 unspecified atom stereocenters. The zero-order valence-electron chi connectivity index (χ0n) is 24.3. The van der Waals surface area contributed by atoms with E-state index in [2.05, 4.69) is 5.32 Å². The molecule has 0 spiro atoms. The maximum atomic E-state index is 12.6.